The smallest absolute Gasteiger partial charge is 0.364 e. The van der Waals surface area contributed by atoms with Gasteiger partial charge in [-0.3, -0.25) is 19.2 Å². The van der Waals surface area contributed by atoms with Crippen LogP contribution in [0.3, 0.4) is 0 Å². The highest BCUT2D eigenvalue weighted by Gasteiger charge is 2.64. The lowest BCUT2D eigenvalue weighted by Crippen LogP contribution is -2.72. The highest BCUT2D eigenvalue weighted by Crippen LogP contribution is 2.43. The summed E-state index contributed by atoms with van der Waals surface area (Å²) in [6.45, 7) is -0.117. The summed E-state index contributed by atoms with van der Waals surface area (Å²) < 4.78 is 58.2. The Morgan fingerprint density at radius 1 is 0.443 bits per heavy atom. The SMILES string of the molecule is CCCCCCC=CCCCCCCCCCC(=O)NC(COC1OC(CO)C(OC2OC(CO)C(O)C(OC3(C(=O)O)CC(O)C(NC(C)=O)C(C(O)C(CO)OC4(C(=O)O)CC(O)C(NC(C)=O)C(C(O)C(CO)OC5(C(=O)O)CC(O)C(NC(C)=O)C(C(O)C(O)CO)O5)O4)O3)C2O)C(O)C1O)C(O)C=CCCCCCCCCCCCCC. The average Bonchev–Trinajstić information content (AvgIpc) is 0.750. The first-order valence-electron chi connectivity index (χ1n) is 43.0. The molecule has 122 heavy (non-hydrogen) atoms. The minimum absolute atomic E-state index is 0.113. The molecule has 5 rings (SSSR count). The lowest BCUT2D eigenvalue weighted by Gasteiger charge is -2.51. The van der Waals surface area contributed by atoms with Crippen molar-refractivity contribution in [2.24, 2.45) is 0 Å². The number of carboxylic acid groups (broad SMARTS) is 3. The molecule has 5 aliphatic heterocycles. The third-order valence-corrected chi connectivity index (χ3v) is 22.6. The van der Waals surface area contributed by atoms with Gasteiger partial charge in [-0.25, -0.2) is 14.4 Å². The number of unbranched alkanes of at least 4 members (excludes halogenated alkanes) is 22. The molecule has 30 atom stereocenters. The van der Waals surface area contributed by atoms with Crippen LogP contribution in [0.25, 0.3) is 0 Å². The maximum atomic E-state index is 13.8. The van der Waals surface area contributed by atoms with Crippen molar-refractivity contribution in [3.05, 3.63) is 24.3 Å². The second-order valence-corrected chi connectivity index (χ2v) is 32.5. The monoisotopic (exact) mass is 1760 g/mol. The molecule has 0 spiro atoms. The average molecular weight is 1760 g/mol. The molecule has 0 aromatic carbocycles. The van der Waals surface area contributed by atoms with Gasteiger partial charge in [0, 0.05) is 46.5 Å². The summed E-state index contributed by atoms with van der Waals surface area (Å²) >= 11 is 0. The summed E-state index contributed by atoms with van der Waals surface area (Å²) in [6.07, 6.45) is -21.4. The third-order valence-electron chi connectivity index (χ3n) is 22.6. The van der Waals surface area contributed by atoms with Gasteiger partial charge < -0.3 is 171 Å². The minimum atomic E-state index is -3.58. The second kappa shape index (κ2) is 54.1. The summed E-state index contributed by atoms with van der Waals surface area (Å²) in [6, 6.07) is -7.03. The van der Waals surface area contributed by atoms with Gasteiger partial charge in [-0.1, -0.05) is 154 Å². The zero-order valence-electron chi connectivity index (χ0n) is 70.5. The molecule has 5 heterocycles. The van der Waals surface area contributed by atoms with Crippen molar-refractivity contribution in [1.82, 2.24) is 21.3 Å². The number of carbonyl (C=O) groups is 7. The molecule has 41 nitrogen and oxygen atoms in total. The van der Waals surface area contributed by atoms with Gasteiger partial charge >= 0.3 is 17.9 Å². The van der Waals surface area contributed by atoms with E-state index in [0.717, 1.165) is 104 Å². The molecule has 0 bridgehead atoms. The molecule has 0 radical (unpaired) electrons. The number of carboxylic acids is 3. The maximum absolute atomic E-state index is 13.8. The Morgan fingerprint density at radius 3 is 1.24 bits per heavy atom. The first-order valence-corrected chi connectivity index (χ1v) is 43.0. The predicted molar refractivity (Wildman–Crippen MR) is 424 cm³/mol. The van der Waals surface area contributed by atoms with E-state index in [4.69, 9.17) is 47.4 Å². The van der Waals surface area contributed by atoms with Crippen molar-refractivity contribution in [2.75, 3.05) is 39.6 Å². The van der Waals surface area contributed by atoms with Gasteiger partial charge in [0.25, 0.3) is 17.4 Å². The van der Waals surface area contributed by atoms with E-state index in [0.29, 0.717) is 12.8 Å². The summed E-state index contributed by atoms with van der Waals surface area (Å²) in [5, 5.41) is 235. The Hall–Kier alpha value is -5.31. The molecular formula is C81H140N4O37. The van der Waals surface area contributed by atoms with Crippen LogP contribution in [0.2, 0.25) is 0 Å². The predicted octanol–water partition coefficient (Wildman–Crippen LogP) is -2.71. The zero-order chi connectivity index (χ0) is 90.6. The Morgan fingerprint density at radius 2 is 0.828 bits per heavy atom. The van der Waals surface area contributed by atoms with Gasteiger partial charge in [0.2, 0.25) is 23.6 Å². The number of hydrogen-bond acceptors (Lipinski definition) is 34. The molecule has 4 amide bonds. The van der Waals surface area contributed by atoms with Gasteiger partial charge in [-0.05, 0) is 44.9 Å². The van der Waals surface area contributed by atoms with Crippen molar-refractivity contribution in [2.45, 2.75) is 403 Å². The van der Waals surface area contributed by atoms with Crippen molar-refractivity contribution < 1.29 is 183 Å². The summed E-state index contributed by atoms with van der Waals surface area (Å²) in [4.78, 5) is 92.1. The standard InChI is InChI=1S/C81H140N4O37/c1-6-8-10-12-14-16-18-20-21-23-25-27-29-31-33-35-58(99)85-48(49(94)34-32-30-28-26-24-22-19-17-15-13-11-9-7-2)44-113-74-67(105)66(104)69(57(43-90)115-74)116-75-68(106)73(63(101)54(40-87)114-75)122-81(78(111)112)38-52(97)61(84-47(5)93)72(121-81)65(103)56(42-89)118-80(77(109)110)37-51(96)60(83-46(4)92)71(120-80)64(102)55(41-88)117-79(76(107)108)36-50(95)59(82-45(3)91)70(119-79)62(100)53(98)39-86/h16,18,32,34,48-57,59-75,86-90,94-98,100-106H,6-15,17,19-31,33,35-44H2,1-5H3,(H,82,91)(H,83,92)(H,84,93)(H,85,99)(H,107,108)(H,109,110)(H,111,112). The lowest BCUT2D eigenvalue weighted by atomic mass is 9.86. The number of nitrogens with one attached hydrogen (secondary N) is 4. The number of amides is 4. The molecule has 5 fully saturated rings. The van der Waals surface area contributed by atoms with Crippen LogP contribution in [-0.4, -0.2) is 366 Å². The number of aliphatic hydroxyl groups excluding tert-OH is 17. The fourth-order valence-corrected chi connectivity index (χ4v) is 15.8. The highest BCUT2D eigenvalue weighted by atomic mass is 16.8. The van der Waals surface area contributed by atoms with E-state index >= 15 is 0 Å². The number of rotatable bonds is 58. The first kappa shape index (κ1) is 107. The van der Waals surface area contributed by atoms with E-state index in [1.165, 1.54) is 70.3 Å². The summed E-state index contributed by atoms with van der Waals surface area (Å²) in [5.74, 6) is -20.6. The largest absolute Gasteiger partial charge is 0.477 e. The molecule has 0 saturated carbocycles. The van der Waals surface area contributed by atoms with Gasteiger partial charge in [-0.2, -0.15) is 0 Å². The van der Waals surface area contributed by atoms with Crippen LogP contribution < -0.4 is 21.3 Å². The van der Waals surface area contributed by atoms with Crippen LogP contribution in [0.4, 0.5) is 0 Å². The Bertz CT molecular complexity index is 3150. The van der Waals surface area contributed by atoms with Gasteiger partial charge in [0.05, 0.1) is 88.2 Å². The van der Waals surface area contributed by atoms with Crippen LogP contribution in [0.1, 0.15) is 221 Å². The number of aliphatic carboxylic acids is 3. The Labute approximate surface area is 710 Å². The lowest BCUT2D eigenvalue weighted by molar-refractivity contribution is -0.388. The van der Waals surface area contributed by atoms with Crippen LogP contribution in [-0.2, 0) is 80.9 Å². The third kappa shape index (κ3) is 31.6. The van der Waals surface area contributed by atoms with E-state index in [2.05, 4.69) is 47.3 Å². The van der Waals surface area contributed by atoms with Crippen molar-refractivity contribution in [3.8, 4) is 0 Å². The first-order chi connectivity index (χ1) is 58.0. The molecular weight excluding hydrogens is 1620 g/mol. The number of aliphatic hydroxyl groups is 17. The van der Waals surface area contributed by atoms with Crippen LogP contribution in [0.15, 0.2) is 24.3 Å². The maximum Gasteiger partial charge on any atom is 0.364 e. The number of hydrogen-bond donors (Lipinski definition) is 24. The molecule has 30 unspecified atom stereocenters. The molecule has 24 N–H and O–H groups in total. The number of allylic oxidation sites excluding steroid dienone is 3. The molecule has 0 aromatic heterocycles. The van der Waals surface area contributed by atoms with E-state index in [-0.39, 0.29) is 6.42 Å². The molecule has 706 valence electrons. The Kier molecular flexibility index (Phi) is 47.6. The van der Waals surface area contributed by atoms with E-state index in [9.17, 15) is 136 Å². The highest BCUT2D eigenvalue weighted by molar-refractivity contribution is 5.79. The fourth-order valence-electron chi connectivity index (χ4n) is 15.8. The van der Waals surface area contributed by atoms with E-state index < -0.39 is 283 Å². The second-order valence-electron chi connectivity index (χ2n) is 32.5. The van der Waals surface area contributed by atoms with Crippen LogP contribution >= 0.6 is 0 Å². The molecule has 5 aliphatic rings. The van der Waals surface area contributed by atoms with Gasteiger partial charge in [0.15, 0.2) is 12.6 Å². The van der Waals surface area contributed by atoms with Crippen LogP contribution in [0.5, 0.6) is 0 Å². The van der Waals surface area contributed by atoms with Gasteiger partial charge in [0.1, 0.15) is 104 Å². The number of carbonyl (C=O) groups excluding carboxylic acids is 4. The normalized spacial score (nSPS) is 32.8. The number of ether oxygens (including phenoxy) is 10. The quantitative estimate of drug-likeness (QED) is 0.0217. The summed E-state index contributed by atoms with van der Waals surface area (Å²) in [5.41, 5.74) is 0. The van der Waals surface area contributed by atoms with Crippen molar-refractivity contribution >= 4 is 41.5 Å². The summed E-state index contributed by atoms with van der Waals surface area (Å²) in [7, 11) is 0. The Balaban J connectivity index is 1.36. The molecule has 5 saturated heterocycles. The topological polar surface area (TPSA) is 665 Å². The zero-order valence-corrected chi connectivity index (χ0v) is 70.5. The van der Waals surface area contributed by atoms with E-state index in [1.54, 1.807) is 6.08 Å². The molecule has 0 aliphatic carbocycles. The molecule has 0 aromatic rings. The molecule has 41 heteroatoms. The van der Waals surface area contributed by atoms with Gasteiger partial charge in [-0.15, -0.1) is 0 Å². The van der Waals surface area contributed by atoms with Crippen molar-refractivity contribution in [3.63, 3.8) is 0 Å². The fraction of sp³-hybridized carbons (Fsp3) is 0.864. The van der Waals surface area contributed by atoms with Crippen LogP contribution in [0, 0.1) is 0 Å². The van der Waals surface area contributed by atoms with Crippen molar-refractivity contribution in [1.29, 1.82) is 0 Å². The minimum Gasteiger partial charge on any atom is -0.477 e. The van der Waals surface area contributed by atoms with E-state index in [1.807, 2.05) is 0 Å².